The standard InChI is InChI=1S/C23H40O6S.Na/c1-4-5-6-7-8-9-10-11-12-13-17-29-22-19-23(30(24,25)26)20(15-14-16-27-2)18-21(22)28-3;/h18-19H,4-17H2,1-3H3,(H,24,25,26);/q;+1/p-1. The molecule has 0 aliphatic rings. The number of ether oxygens (including phenoxy) is 3. The van der Waals surface area contributed by atoms with E-state index in [2.05, 4.69) is 6.92 Å². The summed E-state index contributed by atoms with van der Waals surface area (Å²) in [5.74, 6) is 0.750. The molecule has 6 nitrogen and oxygen atoms in total. The Morgan fingerprint density at radius 2 is 1.39 bits per heavy atom. The van der Waals surface area contributed by atoms with Crippen LogP contribution in [0.2, 0.25) is 0 Å². The molecule has 0 amide bonds. The fraction of sp³-hybridized carbons (Fsp3) is 0.739. The Hall–Kier alpha value is -0.310. The van der Waals surface area contributed by atoms with Gasteiger partial charge in [0, 0.05) is 19.8 Å². The summed E-state index contributed by atoms with van der Waals surface area (Å²) in [5.41, 5.74) is 0.435. The first-order chi connectivity index (χ1) is 14.4. The molecule has 0 fully saturated rings. The summed E-state index contributed by atoms with van der Waals surface area (Å²) >= 11 is 0. The van der Waals surface area contributed by atoms with Crippen molar-refractivity contribution in [3.8, 4) is 11.5 Å². The molecule has 0 aromatic heterocycles. The Labute approximate surface area is 211 Å². The van der Waals surface area contributed by atoms with Crippen molar-refractivity contribution in [3.63, 3.8) is 0 Å². The molecule has 1 aromatic carbocycles. The van der Waals surface area contributed by atoms with Crippen molar-refractivity contribution in [1.29, 1.82) is 0 Å². The maximum atomic E-state index is 11.7. The first-order valence-corrected chi connectivity index (χ1v) is 12.6. The number of hydrogen-bond acceptors (Lipinski definition) is 6. The number of rotatable bonds is 18. The molecule has 0 unspecified atom stereocenters. The molecule has 174 valence electrons. The van der Waals surface area contributed by atoms with Gasteiger partial charge in [-0.15, -0.1) is 0 Å². The first kappa shape index (κ1) is 30.7. The molecule has 0 atom stereocenters. The molecule has 0 spiro atoms. The fourth-order valence-electron chi connectivity index (χ4n) is 3.46. The Kier molecular flexibility index (Phi) is 18.0. The second-order valence-corrected chi connectivity index (χ2v) is 9.04. The van der Waals surface area contributed by atoms with Gasteiger partial charge in [0.15, 0.2) is 11.5 Å². The predicted molar refractivity (Wildman–Crippen MR) is 118 cm³/mol. The van der Waals surface area contributed by atoms with Crippen LogP contribution < -0.4 is 39.0 Å². The van der Waals surface area contributed by atoms with Crippen LogP contribution in [0.5, 0.6) is 11.5 Å². The third-order valence-corrected chi connectivity index (χ3v) is 6.08. The van der Waals surface area contributed by atoms with Gasteiger partial charge in [-0.3, -0.25) is 0 Å². The molecule has 0 bridgehead atoms. The van der Waals surface area contributed by atoms with Gasteiger partial charge >= 0.3 is 29.6 Å². The largest absolute Gasteiger partial charge is 1.00 e. The quantitative estimate of drug-likeness (QED) is 0.188. The average molecular weight is 467 g/mol. The van der Waals surface area contributed by atoms with E-state index in [4.69, 9.17) is 14.2 Å². The maximum absolute atomic E-state index is 11.7. The fourth-order valence-corrected chi connectivity index (χ4v) is 4.20. The van der Waals surface area contributed by atoms with Crippen LogP contribution in [-0.2, 0) is 21.3 Å². The number of unbranched alkanes of at least 4 members (excludes halogenated alkanes) is 9. The molecule has 0 N–H and O–H groups in total. The SMILES string of the molecule is CCCCCCCCCCCCOc1cc(S(=O)(=O)[O-])c(CCCOC)cc1OC.[Na+]. The van der Waals surface area contributed by atoms with Crippen LogP contribution in [0.3, 0.4) is 0 Å². The molecule has 0 aliphatic carbocycles. The smallest absolute Gasteiger partial charge is 0.744 e. The van der Waals surface area contributed by atoms with Crippen molar-refractivity contribution in [3.05, 3.63) is 17.7 Å². The molecule has 8 heteroatoms. The zero-order chi connectivity index (χ0) is 22.2. The minimum Gasteiger partial charge on any atom is -0.744 e. The van der Waals surface area contributed by atoms with Gasteiger partial charge < -0.3 is 18.8 Å². The molecule has 0 saturated carbocycles. The topological polar surface area (TPSA) is 84.9 Å². The summed E-state index contributed by atoms with van der Waals surface area (Å²) in [4.78, 5) is -0.238. The van der Waals surface area contributed by atoms with Crippen molar-refractivity contribution in [2.24, 2.45) is 0 Å². The third kappa shape index (κ3) is 13.1. The second-order valence-electron chi connectivity index (χ2n) is 7.69. The van der Waals surface area contributed by atoms with Crippen LogP contribution in [0.4, 0.5) is 0 Å². The molecule has 0 saturated heterocycles. The summed E-state index contributed by atoms with van der Waals surface area (Å²) < 4.78 is 51.3. The van der Waals surface area contributed by atoms with Gasteiger partial charge in [-0.1, -0.05) is 64.7 Å². The first-order valence-electron chi connectivity index (χ1n) is 11.2. The summed E-state index contributed by atoms with van der Waals surface area (Å²) in [7, 11) is -1.51. The van der Waals surface area contributed by atoms with Gasteiger partial charge in [0.2, 0.25) is 0 Å². The van der Waals surface area contributed by atoms with Crippen LogP contribution in [0.1, 0.15) is 83.1 Å². The van der Waals surface area contributed by atoms with E-state index < -0.39 is 10.1 Å². The molecule has 0 aliphatic heterocycles. The number of aryl methyl sites for hydroxylation is 1. The van der Waals surface area contributed by atoms with E-state index in [9.17, 15) is 13.0 Å². The van der Waals surface area contributed by atoms with E-state index in [1.165, 1.54) is 64.5 Å². The molecular weight excluding hydrogens is 427 g/mol. The zero-order valence-corrected chi connectivity index (χ0v) is 22.7. The number of hydrogen-bond donors (Lipinski definition) is 0. The second kappa shape index (κ2) is 18.2. The minimum atomic E-state index is -4.60. The van der Waals surface area contributed by atoms with Gasteiger partial charge in [0.05, 0.1) is 18.6 Å². The van der Waals surface area contributed by atoms with Crippen molar-refractivity contribution >= 4 is 10.1 Å². The van der Waals surface area contributed by atoms with E-state index in [0.29, 0.717) is 43.1 Å². The van der Waals surface area contributed by atoms with Gasteiger partial charge in [-0.05, 0) is 30.9 Å². The monoisotopic (exact) mass is 466 g/mol. The van der Waals surface area contributed by atoms with Crippen LogP contribution in [0.25, 0.3) is 0 Å². The van der Waals surface area contributed by atoms with Gasteiger partial charge in [0.25, 0.3) is 0 Å². The van der Waals surface area contributed by atoms with Gasteiger partial charge in [0.1, 0.15) is 10.1 Å². The number of benzene rings is 1. The molecule has 0 heterocycles. The molecule has 1 aromatic rings. The van der Waals surface area contributed by atoms with E-state index >= 15 is 0 Å². The minimum absolute atomic E-state index is 0. The van der Waals surface area contributed by atoms with Crippen molar-refractivity contribution in [2.45, 2.75) is 88.9 Å². The predicted octanol–water partition coefficient (Wildman–Crippen LogP) is 2.48. The summed E-state index contributed by atoms with van der Waals surface area (Å²) in [6.07, 6.45) is 13.3. The zero-order valence-electron chi connectivity index (χ0n) is 19.9. The summed E-state index contributed by atoms with van der Waals surface area (Å²) in [6, 6.07) is 2.90. The van der Waals surface area contributed by atoms with E-state index in [-0.39, 0.29) is 34.5 Å². The van der Waals surface area contributed by atoms with Crippen molar-refractivity contribution in [2.75, 3.05) is 27.4 Å². The Balaban J connectivity index is 0.00000900. The normalized spacial score (nSPS) is 11.2. The Morgan fingerprint density at radius 3 is 1.90 bits per heavy atom. The van der Waals surface area contributed by atoms with Crippen molar-refractivity contribution < 1.29 is 56.7 Å². The molecular formula is C23H39NaO6S. The number of methoxy groups -OCH3 is 2. The average Bonchev–Trinajstić information content (AvgIpc) is 2.71. The van der Waals surface area contributed by atoms with Gasteiger partial charge in [-0.2, -0.15) is 0 Å². The summed E-state index contributed by atoms with van der Waals surface area (Å²) in [6.45, 7) is 3.18. The van der Waals surface area contributed by atoms with Crippen LogP contribution in [0.15, 0.2) is 17.0 Å². The van der Waals surface area contributed by atoms with Crippen LogP contribution >= 0.6 is 0 Å². The van der Waals surface area contributed by atoms with Gasteiger partial charge in [-0.25, -0.2) is 8.42 Å². The van der Waals surface area contributed by atoms with Crippen LogP contribution in [0, 0.1) is 0 Å². The molecule has 0 radical (unpaired) electrons. The van der Waals surface area contributed by atoms with E-state index in [1.54, 1.807) is 13.2 Å². The Morgan fingerprint density at radius 1 is 0.806 bits per heavy atom. The molecule has 31 heavy (non-hydrogen) atoms. The third-order valence-electron chi connectivity index (χ3n) is 5.17. The van der Waals surface area contributed by atoms with Crippen LogP contribution in [-0.4, -0.2) is 40.4 Å². The van der Waals surface area contributed by atoms with E-state index in [0.717, 1.165) is 12.8 Å². The van der Waals surface area contributed by atoms with E-state index in [1.807, 2.05) is 0 Å². The maximum Gasteiger partial charge on any atom is 1.00 e. The Bertz CT molecular complexity index is 694. The van der Waals surface area contributed by atoms with Crippen molar-refractivity contribution in [1.82, 2.24) is 0 Å². The summed E-state index contributed by atoms with van der Waals surface area (Å²) in [5, 5.41) is 0. The molecule has 1 rings (SSSR count).